The first kappa shape index (κ1) is 17.8. The molecule has 4 aromatic heterocycles. The van der Waals surface area contributed by atoms with Gasteiger partial charge < -0.3 is 15.5 Å². The van der Waals surface area contributed by atoms with Gasteiger partial charge in [-0.1, -0.05) is 0 Å². The second kappa shape index (κ2) is 6.65. The molecule has 0 aliphatic rings. The summed E-state index contributed by atoms with van der Waals surface area (Å²) in [5.74, 6) is 0.430. The van der Waals surface area contributed by atoms with Gasteiger partial charge in [0.1, 0.15) is 41.5 Å². The number of nitrogens with zero attached hydrogens (tertiary/aromatic N) is 6. The van der Waals surface area contributed by atoms with Gasteiger partial charge in [-0.2, -0.15) is 10.2 Å². The fourth-order valence-corrected chi connectivity index (χ4v) is 3.36. The van der Waals surface area contributed by atoms with Gasteiger partial charge in [-0.3, -0.25) is 4.79 Å². The number of hydrogen-bond acceptors (Lipinski definition) is 7. The second-order valence-corrected chi connectivity index (χ2v) is 6.58. The summed E-state index contributed by atoms with van der Waals surface area (Å²) in [7, 11) is 1.45. The smallest absolute Gasteiger partial charge is 0.275 e. The Labute approximate surface area is 167 Å². The number of benzene rings is 1. The van der Waals surface area contributed by atoms with Crippen molar-refractivity contribution < 1.29 is 9.13 Å². The highest BCUT2D eigenvalue weighted by Crippen LogP contribution is 2.32. The number of rotatable bonds is 4. The van der Waals surface area contributed by atoms with Crippen molar-refractivity contribution in [2.75, 3.05) is 12.8 Å². The Kier molecular flexibility index (Phi) is 3.95. The zero-order valence-electron chi connectivity index (χ0n) is 15.7. The number of fused-ring (bicyclic) bond motifs is 2. The van der Waals surface area contributed by atoms with Crippen LogP contribution in [0.2, 0.25) is 0 Å². The first-order valence-electron chi connectivity index (χ1n) is 8.92. The minimum absolute atomic E-state index is 0.114. The molecule has 0 aliphatic carbocycles. The van der Waals surface area contributed by atoms with Gasteiger partial charge in [0.05, 0.1) is 12.5 Å². The number of nitrogens with one attached hydrogen (secondary N) is 1. The highest BCUT2D eigenvalue weighted by atomic mass is 19.1. The summed E-state index contributed by atoms with van der Waals surface area (Å²) < 4.78 is 22.3. The Balaban J connectivity index is 1.69. The lowest BCUT2D eigenvalue weighted by molar-refractivity contribution is 0.411. The van der Waals surface area contributed by atoms with Crippen LogP contribution in [0.4, 0.5) is 10.2 Å². The fourth-order valence-electron chi connectivity index (χ4n) is 3.36. The molecule has 0 unspecified atom stereocenters. The molecular formula is C19H15FN8O2. The molecule has 5 aromatic rings. The average molecular weight is 406 g/mol. The van der Waals surface area contributed by atoms with E-state index in [1.165, 1.54) is 34.8 Å². The molecule has 0 atom stereocenters. The predicted molar refractivity (Wildman–Crippen MR) is 107 cm³/mol. The maximum Gasteiger partial charge on any atom is 0.275 e. The third kappa shape index (κ3) is 2.83. The Morgan fingerprint density at radius 3 is 2.93 bits per heavy atom. The van der Waals surface area contributed by atoms with E-state index >= 15 is 0 Å². The third-order valence-electron chi connectivity index (χ3n) is 4.69. The summed E-state index contributed by atoms with van der Waals surface area (Å²) in [4.78, 5) is 23.3. The molecule has 10 nitrogen and oxygen atoms in total. The number of halogens is 1. The molecule has 0 bridgehead atoms. The Hall–Kier alpha value is -4.28. The summed E-state index contributed by atoms with van der Waals surface area (Å²) in [6, 6.07) is 7.64. The normalized spacial score (nSPS) is 11.4. The zero-order valence-corrected chi connectivity index (χ0v) is 15.7. The van der Waals surface area contributed by atoms with E-state index in [1.807, 2.05) is 0 Å². The minimum atomic E-state index is -0.480. The number of aromatic nitrogens is 7. The van der Waals surface area contributed by atoms with Crippen molar-refractivity contribution in [1.29, 1.82) is 0 Å². The molecule has 0 fully saturated rings. The first-order valence-corrected chi connectivity index (χ1v) is 8.92. The van der Waals surface area contributed by atoms with Crippen molar-refractivity contribution in [2.45, 2.75) is 6.54 Å². The largest absolute Gasteiger partial charge is 0.497 e. The lowest BCUT2D eigenvalue weighted by Gasteiger charge is -2.04. The van der Waals surface area contributed by atoms with E-state index in [-0.39, 0.29) is 17.9 Å². The molecule has 0 spiro atoms. The molecule has 1 aromatic carbocycles. The standard InChI is InChI=1S/C19H15FN8O2/c1-30-12-6-10(5-11(20)7-12)16-15-17(21)22-9-23-18(15)28(26-16)8-14-24-19(29)13-3-2-4-27(13)25-14/h2-7,9H,8H2,1H3,(H2,21,22,23)(H,24,25,29). The molecule has 0 aliphatic heterocycles. The Morgan fingerprint density at radius 2 is 2.10 bits per heavy atom. The van der Waals surface area contributed by atoms with Gasteiger partial charge in [-0.05, 0) is 24.3 Å². The molecule has 150 valence electrons. The lowest BCUT2D eigenvalue weighted by atomic mass is 10.1. The summed E-state index contributed by atoms with van der Waals surface area (Å²) >= 11 is 0. The second-order valence-electron chi connectivity index (χ2n) is 6.58. The number of nitrogen functional groups attached to an aromatic ring is 1. The number of aromatic amines is 1. The Bertz CT molecular complexity index is 1470. The molecule has 30 heavy (non-hydrogen) atoms. The topological polar surface area (TPSA) is 129 Å². The molecule has 0 amide bonds. The fraction of sp³-hybridized carbons (Fsp3) is 0.105. The highest BCUT2D eigenvalue weighted by Gasteiger charge is 2.19. The van der Waals surface area contributed by atoms with Gasteiger partial charge in [0.15, 0.2) is 11.5 Å². The van der Waals surface area contributed by atoms with Crippen molar-refractivity contribution in [3.8, 4) is 17.0 Å². The van der Waals surface area contributed by atoms with Crippen LogP contribution in [-0.2, 0) is 6.54 Å². The number of anilines is 1. The van der Waals surface area contributed by atoms with E-state index in [0.29, 0.717) is 39.4 Å². The number of H-pyrrole nitrogens is 1. The van der Waals surface area contributed by atoms with Gasteiger partial charge in [0.25, 0.3) is 5.56 Å². The van der Waals surface area contributed by atoms with Crippen molar-refractivity contribution in [1.82, 2.24) is 34.3 Å². The van der Waals surface area contributed by atoms with E-state index < -0.39 is 5.82 Å². The maximum atomic E-state index is 14.1. The monoisotopic (exact) mass is 406 g/mol. The molecular weight excluding hydrogens is 391 g/mol. The van der Waals surface area contributed by atoms with Gasteiger partial charge >= 0.3 is 0 Å². The summed E-state index contributed by atoms with van der Waals surface area (Å²) in [6.45, 7) is 0.114. The third-order valence-corrected chi connectivity index (χ3v) is 4.69. The van der Waals surface area contributed by atoms with Crippen LogP contribution in [-0.4, -0.2) is 41.5 Å². The highest BCUT2D eigenvalue weighted by molar-refractivity contribution is 5.98. The molecule has 4 heterocycles. The SMILES string of the molecule is COc1cc(F)cc(-c2nn(Cc3nn4cccc4c(=O)[nH]3)c3ncnc(N)c23)c1. The molecule has 3 N–H and O–H groups in total. The van der Waals surface area contributed by atoms with Crippen LogP contribution in [0.1, 0.15) is 5.82 Å². The van der Waals surface area contributed by atoms with Gasteiger partial charge in [-0.15, -0.1) is 0 Å². The van der Waals surface area contributed by atoms with Crippen LogP contribution in [0.3, 0.4) is 0 Å². The summed E-state index contributed by atoms with van der Waals surface area (Å²) in [6.07, 6.45) is 3.00. The summed E-state index contributed by atoms with van der Waals surface area (Å²) in [5, 5.41) is 9.43. The van der Waals surface area contributed by atoms with Crippen molar-refractivity contribution >= 4 is 22.4 Å². The lowest BCUT2D eigenvalue weighted by Crippen LogP contribution is -2.18. The average Bonchev–Trinajstić information content (AvgIpc) is 3.34. The predicted octanol–water partition coefficient (Wildman–Crippen LogP) is 1.61. The van der Waals surface area contributed by atoms with Crippen LogP contribution in [0, 0.1) is 5.82 Å². The van der Waals surface area contributed by atoms with Crippen LogP contribution in [0.5, 0.6) is 5.75 Å². The first-order chi connectivity index (χ1) is 14.5. The van der Waals surface area contributed by atoms with Crippen LogP contribution in [0.25, 0.3) is 27.8 Å². The van der Waals surface area contributed by atoms with E-state index in [0.717, 1.165) is 0 Å². The maximum absolute atomic E-state index is 14.1. The van der Waals surface area contributed by atoms with Crippen LogP contribution in [0.15, 0.2) is 47.7 Å². The molecule has 11 heteroatoms. The van der Waals surface area contributed by atoms with Crippen molar-refractivity contribution in [3.05, 3.63) is 64.9 Å². The quantitative estimate of drug-likeness (QED) is 0.464. The van der Waals surface area contributed by atoms with Crippen molar-refractivity contribution in [3.63, 3.8) is 0 Å². The minimum Gasteiger partial charge on any atom is -0.497 e. The van der Waals surface area contributed by atoms with Crippen LogP contribution < -0.4 is 16.0 Å². The van der Waals surface area contributed by atoms with Gasteiger partial charge in [0.2, 0.25) is 0 Å². The van der Waals surface area contributed by atoms with E-state index in [1.54, 1.807) is 24.4 Å². The number of nitrogens with two attached hydrogens (primary N) is 1. The molecule has 0 saturated heterocycles. The molecule has 0 radical (unpaired) electrons. The number of ether oxygens (including phenoxy) is 1. The van der Waals surface area contributed by atoms with E-state index in [4.69, 9.17) is 10.5 Å². The van der Waals surface area contributed by atoms with E-state index in [9.17, 15) is 9.18 Å². The molecule has 5 rings (SSSR count). The van der Waals surface area contributed by atoms with E-state index in [2.05, 4.69) is 25.1 Å². The molecule has 0 saturated carbocycles. The van der Waals surface area contributed by atoms with Gasteiger partial charge in [0, 0.05) is 17.8 Å². The number of hydrogen-bond donors (Lipinski definition) is 2. The zero-order chi connectivity index (χ0) is 20.8. The number of methoxy groups -OCH3 is 1. The Morgan fingerprint density at radius 1 is 1.23 bits per heavy atom. The van der Waals surface area contributed by atoms with Gasteiger partial charge in [-0.25, -0.2) is 23.6 Å². The van der Waals surface area contributed by atoms with Crippen molar-refractivity contribution in [2.24, 2.45) is 0 Å². The summed E-state index contributed by atoms with van der Waals surface area (Å²) in [5.41, 5.74) is 7.53. The van der Waals surface area contributed by atoms with Crippen LogP contribution >= 0.6 is 0 Å².